The quantitative estimate of drug-likeness (QED) is 0.295. The highest BCUT2D eigenvalue weighted by Gasteiger charge is 2.54. The lowest BCUT2D eigenvalue weighted by molar-refractivity contribution is -0.156. The van der Waals surface area contributed by atoms with Crippen LogP contribution in [0.4, 0.5) is 13.2 Å². The highest BCUT2D eigenvalue weighted by molar-refractivity contribution is 8.00. The van der Waals surface area contributed by atoms with Crippen LogP contribution < -0.4 is 5.32 Å². The van der Waals surface area contributed by atoms with Gasteiger partial charge < -0.3 is 15.3 Å². The second-order valence-electron chi connectivity index (χ2n) is 9.19. The van der Waals surface area contributed by atoms with Gasteiger partial charge in [0.1, 0.15) is 23.7 Å². The van der Waals surface area contributed by atoms with Crippen LogP contribution in [0.1, 0.15) is 6.42 Å². The number of fused-ring (bicyclic) bond motifs is 2. The first-order valence-corrected chi connectivity index (χ1v) is 13.9. The van der Waals surface area contributed by atoms with E-state index in [0.29, 0.717) is 4.90 Å². The first-order valence-electron chi connectivity index (χ1n) is 11.9. The number of carboxylic acids is 1. The third kappa shape index (κ3) is 5.64. The molecule has 2 aromatic carbocycles. The number of thioether (sulfide) groups is 2. The zero-order valence-corrected chi connectivity index (χ0v) is 21.9. The Balaban J connectivity index is 1.24. The predicted molar refractivity (Wildman–Crippen MR) is 140 cm³/mol. The van der Waals surface area contributed by atoms with Crippen molar-refractivity contribution in [3.05, 3.63) is 65.4 Å². The van der Waals surface area contributed by atoms with Gasteiger partial charge in [0, 0.05) is 22.8 Å². The number of likely N-dealkylation sites (tertiary alicyclic amines) is 1. The molecule has 3 heterocycles. The topological polar surface area (TPSA) is 107 Å². The fraction of sp³-hybridized carbons (Fsp3) is 0.308. The van der Waals surface area contributed by atoms with Gasteiger partial charge in [-0.15, -0.1) is 23.5 Å². The second-order valence-corrected chi connectivity index (χ2v) is 11.3. The molecule has 39 heavy (non-hydrogen) atoms. The number of benzene rings is 2. The van der Waals surface area contributed by atoms with Crippen molar-refractivity contribution in [2.45, 2.75) is 28.9 Å². The van der Waals surface area contributed by atoms with Crippen LogP contribution in [0, 0.1) is 0 Å². The molecule has 2 fully saturated rings. The molecular formula is C26H22F3N3O5S2. The molecule has 0 bridgehead atoms. The molecule has 3 amide bonds. The number of nitrogens with one attached hydrogen (secondary N) is 1. The Morgan fingerprint density at radius 1 is 1.15 bits per heavy atom. The van der Waals surface area contributed by atoms with E-state index >= 15 is 0 Å². The summed E-state index contributed by atoms with van der Waals surface area (Å²) in [4.78, 5) is 52.6. The largest absolute Gasteiger partial charge is 0.477 e. The number of carbonyl (C=O) groups is 4. The van der Waals surface area contributed by atoms with E-state index in [1.54, 1.807) is 0 Å². The van der Waals surface area contributed by atoms with Gasteiger partial charge in [0.15, 0.2) is 0 Å². The van der Waals surface area contributed by atoms with Crippen LogP contribution in [-0.4, -0.2) is 80.8 Å². The predicted octanol–water partition coefficient (Wildman–Crippen LogP) is 3.39. The molecule has 3 aliphatic heterocycles. The molecule has 2 aromatic rings. The molecule has 13 heteroatoms. The van der Waals surface area contributed by atoms with E-state index in [0.717, 1.165) is 20.6 Å². The van der Waals surface area contributed by atoms with Crippen molar-refractivity contribution >= 4 is 58.0 Å². The fourth-order valence-electron chi connectivity index (χ4n) is 4.75. The average Bonchev–Trinajstić information content (AvgIpc) is 3.22. The summed E-state index contributed by atoms with van der Waals surface area (Å²) < 4.78 is 38.2. The molecule has 5 rings (SSSR count). The minimum Gasteiger partial charge on any atom is -0.477 e. The van der Waals surface area contributed by atoms with Crippen LogP contribution >= 0.6 is 23.5 Å². The molecule has 0 spiro atoms. The molecule has 204 valence electrons. The van der Waals surface area contributed by atoms with E-state index in [4.69, 9.17) is 0 Å². The van der Waals surface area contributed by atoms with Crippen molar-refractivity contribution in [2.75, 3.05) is 24.6 Å². The van der Waals surface area contributed by atoms with Gasteiger partial charge in [-0.3, -0.25) is 19.3 Å². The summed E-state index contributed by atoms with van der Waals surface area (Å²) in [7, 11) is 0. The van der Waals surface area contributed by atoms with E-state index in [1.165, 1.54) is 29.6 Å². The Bertz CT molecular complexity index is 1440. The van der Waals surface area contributed by atoms with Gasteiger partial charge >= 0.3 is 12.1 Å². The SMILES string of the molecule is O=C(CSc1ccc2ccccc2c1)N[C@@H]1C(=O)N2C(C(=O)O)=C(/C=C3\CCN(CC(F)(F)F)C3=O)CS[C@H]12. The van der Waals surface area contributed by atoms with Crippen molar-refractivity contribution in [1.82, 2.24) is 15.1 Å². The summed E-state index contributed by atoms with van der Waals surface area (Å²) in [6.07, 6.45) is -3.21. The monoisotopic (exact) mass is 577 g/mol. The van der Waals surface area contributed by atoms with Gasteiger partial charge in [-0.25, -0.2) is 4.79 Å². The van der Waals surface area contributed by atoms with Gasteiger partial charge in [0.2, 0.25) is 11.8 Å². The summed E-state index contributed by atoms with van der Waals surface area (Å²) in [5.74, 6) is -2.99. The highest BCUT2D eigenvalue weighted by atomic mass is 32.2. The summed E-state index contributed by atoms with van der Waals surface area (Å²) in [6, 6.07) is 12.8. The minimum atomic E-state index is -4.54. The summed E-state index contributed by atoms with van der Waals surface area (Å²) in [5, 5.41) is 14.0. The van der Waals surface area contributed by atoms with E-state index < -0.39 is 41.9 Å². The van der Waals surface area contributed by atoms with E-state index in [2.05, 4.69) is 5.32 Å². The lowest BCUT2D eigenvalue weighted by atomic mass is 10.0. The first-order chi connectivity index (χ1) is 18.5. The van der Waals surface area contributed by atoms with Gasteiger partial charge in [-0.05, 0) is 41.0 Å². The van der Waals surface area contributed by atoms with Gasteiger partial charge in [0.25, 0.3) is 5.91 Å². The Labute approximate surface area is 229 Å². The standard InChI is InChI=1S/C26H22F3N3O5S2/c27-26(28,29)13-31-8-7-16(22(31)34)9-17-11-39-24-20(23(35)32(24)21(17)25(36)37)30-19(33)12-38-18-6-5-14-3-1-2-4-15(14)10-18/h1-6,9-10,20,24H,7-8,11-13H2,(H,30,33)(H,36,37)/b16-9+/t20-,24-/m1/s1. The Kier molecular flexibility index (Phi) is 7.38. The first kappa shape index (κ1) is 27.1. The van der Waals surface area contributed by atoms with Crippen LogP contribution in [0.15, 0.2) is 70.3 Å². The zero-order valence-electron chi connectivity index (χ0n) is 20.2. The van der Waals surface area contributed by atoms with E-state index in [9.17, 15) is 37.5 Å². The number of aliphatic carboxylic acids is 1. The Hall–Kier alpha value is -3.45. The van der Waals surface area contributed by atoms with Crippen molar-refractivity contribution in [3.8, 4) is 0 Å². The lowest BCUT2D eigenvalue weighted by Crippen LogP contribution is -2.70. The molecule has 0 unspecified atom stereocenters. The molecule has 2 saturated heterocycles. The molecule has 2 N–H and O–H groups in total. The molecule has 2 atom stereocenters. The lowest BCUT2D eigenvalue weighted by Gasteiger charge is -2.49. The Morgan fingerprint density at radius 2 is 1.90 bits per heavy atom. The smallest absolute Gasteiger partial charge is 0.406 e. The maximum atomic E-state index is 12.9. The maximum Gasteiger partial charge on any atom is 0.406 e. The van der Waals surface area contributed by atoms with Crippen molar-refractivity contribution in [2.24, 2.45) is 0 Å². The van der Waals surface area contributed by atoms with Crippen LogP contribution in [-0.2, 0) is 19.2 Å². The summed E-state index contributed by atoms with van der Waals surface area (Å²) in [6.45, 7) is -1.50. The molecular weight excluding hydrogens is 555 g/mol. The van der Waals surface area contributed by atoms with E-state index in [1.807, 2.05) is 42.5 Å². The van der Waals surface area contributed by atoms with E-state index in [-0.39, 0.29) is 47.2 Å². The van der Waals surface area contributed by atoms with Crippen LogP contribution in [0.3, 0.4) is 0 Å². The Morgan fingerprint density at radius 3 is 2.62 bits per heavy atom. The number of hydrogen-bond acceptors (Lipinski definition) is 6. The molecule has 8 nitrogen and oxygen atoms in total. The minimum absolute atomic E-state index is 0.0426. The molecule has 0 aromatic heterocycles. The third-order valence-corrected chi connectivity index (χ3v) is 8.84. The van der Waals surface area contributed by atoms with Crippen molar-refractivity contribution in [3.63, 3.8) is 0 Å². The van der Waals surface area contributed by atoms with Gasteiger partial charge in [-0.2, -0.15) is 13.2 Å². The van der Waals surface area contributed by atoms with Crippen LogP contribution in [0.5, 0.6) is 0 Å². The fourth-order valence-corrected chi connectivity index (χ4v) is 6.81. The molecule has 0 radical (unpaired) electrons. The number of carbonyl (C=O) groups excluding carboxylic acids is 3. The highest BCUT2D eigenvalue weighted by Crippen LogP contribution is 2.41. The van der Waals surface area contributed by atoms with Crippen molar-refractivity contribution < 1.29 is 37.5 Å². The zero-order chi connectivity index (χ0) is 27.9. The second kappa shape index (κ2) is 10.6. The molecule has 3 aliphatic rings. The number of β-lactam (4-membered cyclic amide) rings is 1. The number of amides is 3. The van der Waals surface area contributed by atoms with Crippen molar-refractivity contribution in [1.29, 1.82) is 0 Å². The third-order valence-electron chi connectivity index (χ3n) is 6.54. The molecule has 0 aliphatic carbocycles. The number of allylic oxidation sites excluding steroid dienone is 1. The van der Waals surface area contributed by atoms with Crippen LogP contribution in [0.25, 0.3) is 10.8 Å². The number of nitrogens with zero attached hydrogens (tertiary/aromatic N) is 2. The summed E-state index contributed by atoms with van der Waals surface area (Å²) >= 11 is 2.54. The number of hydrogen-bond donors (Lipinski definition) is 2. The normalized spacial score (nSPS) is 22.4. The van der Waals surface area contributed by atoms with Crippen LogP contribution in [0.2, 0.25) is 0 Å². The number of carboxylic acid groups (broad SMARTS) is 1. The summed E-state index contributed by atoms with van der Waals surface area (Å²) in [5.41, 5.74) is -0.0871. The van der Waals surface area contributed by atoms with Gasteiger partial charge in [0.05, 0.1) is 5.75 Å². The number of rotatable bonds is 7. The average molecular weight is 578 g/mol. The number of alkyl halides is 3. The molecule has 0 saturated carbocycles. The maximum absolute atomic E-state index is 12.9. The van der Waals surface area contributed by atoms with Gasteiger partial charge in [-0.1, -0.05) is 30.3 Å². The number of halogens is 3.